The van der Waals surface area contributed by atoms with E-state index in [2.05, 4.69) is 35.0 Å². The molecular weight excluding hydrogens is 422 g/mol. The molecule has 1 unspecified atom stereocenters. The molecule has 6 aliphatic rings. The maximum atomic E-state index is 14.4. The molecule has 1 aromatic heterocycles. The molecule has 0 radical (unpaired) electrons. The van der Waals surface area contributed by atoms with Gasteiger partial charge in [0.1, 0.15) is 5.15 Å². The second-order valence-electron chi connectivity index (χ2n) is 11.3. The minimum absolute atomic E-state index is 0.0400. The summed E-state index contributed by atoms with van der Waals surface area (Å²) < 4.78 is 0. The van der Waals surface area contributed by atoms with E-state index in [1.165, 1.54) is 0 Å². The smallest absolute Gasteiger partial charge is 0.239 e. The van der Waals surface area contributed by atoms with Crippen molar-refractivity contribution in [3.63, 3.8) is 0 Å². The first-order valence-electron chi connectivity index (χ1n) is 12.2. The molecule has 3 aliphatic carbocycles. The van der Waals surface area contributed by atoms with Gasteiger partial charge in [0.05, 0.1) is 23.4 Å². The molecule has 6 heteroatoms. The first kappa shape index (κ1) is 19.7. The number of rotatable bonds is 1. The maximum Gasteiger partial charge on any atom is 0.239 e. The Bertz CT molecular complexity index is 1070. The van der Waals surface area contributed by atoms with E-state index < -0.39 is 0 Å². The zero-order valence-electron chi connectivity index (χ0n) is 18.5. The fourth-order valence-corrected chi connectivity index (χ4v) is 8.83. The summed E-state index contributed by atoms with van der Waals surface area (Å²) >= 11 is 6.05. The molecule has 1 N–H and O–H groups in total. The quantitative estimate of drug-likeness (QED) is 0.651. The third kappa shape index (κ3) is 2.18. The van der Waals surface area contributed by atoms with Crippen LogP contribution in [0.2, 0.25) is 5.15 Å². The molecule has 168 valence electrons. The lowest BCUT2D eigenvalue weighted by atomic mass is 9.60. The van der Waals surface area contributed by atoms with Gasteiger partial charge in [-0.3, -0.25) is 14.6 Å². The number of anilines is 1. The van der Waals surface area contributed by atoms with Gasteiger partial charge in [0, 0.05) is 29.6 Å². The molecule has 3 saturated heterocycles. The monoisotopic (exact) mass is 451 g/mol. The van der Waals surface area contributed by atoms with Crippen LogP contribution in [0.4, 0.5) is 5.69 Å². The number of aromatic nitrogens is 1. The van der Waals surface area contributed by atoms with Crippen LogP contribution in [0.25, 0.3) is 0 Å². The van der Waals surface area contributed by atoms with Gasteiger partial charge >= 0.3 is 0 Å². The zero-order chi connectivity index (χ0) is 21.9. The molecule has 3 aliphatic heterocycles. The van der Waals surface area contributed by atoms with Gasteiger partial charge in [-0.2, -0.15) is 0 Å². The summed E-state index contributed by atoms with van der Waals surface area (Å²) in [5.74, 6) is 1.11. The summed E-state index contributed by atoms with van der Waals surface area (Å²) in [4.78, 5) is 23.2. The Hall–Kier alpha value is -1.69. The van der Waals surface area contributed by atoms with Crippen molar-refractivity contribution >= 4 is 23.2 Å². The molecule has 7 atom stereocenters. The highest BCUT2D eigenvalue weighted by Gasteiger charge is 2.77. The number of allylic oxidation sites excluding steroid dienone is 4. The second kappa shape index (κ2) is 6.25. The van der Waals surface area contributed by atoms with Crippen molar-refractivity contribution in [1.29, 1.82) is 0 Å². The first-order valence-corrected chi connectivity index (χ1v) is 12.5. The number of nitrogens with zero attached hydrogens (tertiary/aromatic N) is 3. The fourth-order valence-electron chi connectivity index (χ4n) is 8.72. The summed E-state index contributed by atoms with van der Waals surface area (Å²) in [5.41, 5.74) is 1.80. The van der Waals surface area contributed by atoms with E-state index in [-0.39, 0.29) is 40.2 Å². The number of aliphatic hydroxyl groups excluding tert-OH is 1. The van der Waals surface area contributed by atoms with Crippen LogP contribution in [-0.2, 0) is 4.79 Å². The van der Waals surface area contributed by atoms with E-state index >= 15 is 0 Å². The number of fused-ring (bicyclic) bond motifs is 4. The minimum Gasteiger partial charge on any atom is -0.393 e. The van der Waals surface area contributed by atoms with Crippen LogP contribution in [0.1, 0.15) is 45.4 Å². The minimum atomic E-state index is -0.387. The highest BCUT2D eigenvalue weighted by atomic mass is 35.5. The zero-order valence-corrected chi connectivity index (χ0v) is 19.3. The van der Waals surface area contributed by atoms with Gasteiger partial charge < -0.3 is 5.11 Å². The number of hydrogen-bond donors (Lipinski definition) is 1. The molecule has 5 fully saturated rings. The van der Waals surface area contributed by atoms with Crippen molar-refractivity contribution in [3.05, 3.63) is 47.4 Å². The Kier molecular flexibility index (Phi) is 3.86. The van der Waals surface area contributed by atoms with E-state index in [1.807, 2.05) is 11.0 Å². The predicted molar refractivity (Wildman–Crippen MR) is 123 cm³/mol. The second-order valence-corrected chi connectivity index (χ2v) is 11.7. The van der Waals surface area contributed by atoms with E-state index in [0.29, 0.717) is 11.1 Å². The van der Waals surface area contributed by atoms with Gasteiger partial charge in [-0.05, 0) is 74.6 Å². The molecule has 1 aromatic rings. The summed E-state index contributed by atoms with van der Waals surface area (Å²) in [7, 11) is 0. The van der Waals surface area contributed by atoms with E-state index in [1.54, 1.807) is 12.3 Å². The van der Waals surface area contributed by atoms with Crippen LogP contribution < -0.4 is 4.90 Å². The SMILES string of the molecule is C[C@@]12C[C@@]13C[C@@H]1N(CC[C@@]14C(=O)N(c1ccc(Cl)nc1)C1=CC=CCC14)C[C@@H]3CC[C@@H]2O. The Morgan fingerprint density at radius 2 is 2.16 bits per heavy atom. The number of amides is 1. The Morgan fingerprint density at radius 3 is 2.97 bits per heavy atom. The topological polar surface area (TPSA) is 56.7 Å². The van der Waals surface area contributed by atoms with E-state index in [9.17, 15) is 9.90 Å². The Morgan fingerprint density at radius 1 is 1.28 bits per heavy atom. The lowest BCUT2D eigenvalue weighted by molar-refractivity contribution is -0.131. The number of halogens is 1. The third-order valence-corrected chi connectivity index (χ3v) is 10.7. The summed E-state index contributed by atoms with van der Waals surface area (Å²) in [6, 6.07) is 3.94. The van der Waals surface area contributed by atoms with E-state index in [4.69, 9.17) is 11.6 Å². The molecule has 5 nitrogen and oxygen atoms in total. The van der Waals surface area contributed by atoms with Crippen LogP contribution >= 0.6 is 11.6 Å². The molecule has 2 saturated carbocycles. The van der Waals surface area contributed by atoms with Crippen LogP contribution in [-0.4, -0.2) is 46.1 Å². The number of hydrogen-bond acceptors (Lipinski definition) is 4. The van der Waals surface area contributed by atoms with Crippen LogP contribution in [0, 0.1) is 28.1 Å². The fraction of sp³-hybridized carbons (Fsp3) is 0.615. The largest absolute Gasteiger partial charge is 0.393 e. The number of aliphatic hydroxyl groups is 1. The first-order chi connectivity index (χ1) is 15.4. The maximum absolute atomic E-state index is 14.4. The van der Waals surface area contributed by atoms with Crippen molar-refractivity contribution in [2.45, 2.75) is 57.6 Å². The van der Waals surface area contributed by atoms with Crippen LogP contribution in [0.3, 0.4) is 0 Å². The van der Waals surface area contributed by atoms with Crippen molar-refractivity contribution in [3.8, 4) is 0 Å². The van der Waals surface area contributed by atoms with Gasteiger partial charge in [0.2, 0.25) is 5.91 Å². The standard InChI is InChI=1S/C26H30ClN3O2/c1-24-15-25(24)12-20-26(10-11-29(20)14-16(25)6-8-21(24)31)18-4-2-3-5-19(18)30(23(26)32)17-7-9-22(27)28-13-17/h2-3,5,7,9,13,16,18,20-21,31H,4,6,8,10-12,14-15H2,1H3/t16-,18?,20-,21-,24-,25+,26-/m0/s1. The molecule has 2 spiro atoms. The van der Waals surface area contributed by atoms with Crippen molar-refractivity contribution in [2.24, 2.45) is 28.1 Å². The number of piperidine rings is 1. The van der Waals surface area contributed by atoms with Gasteiger partial charge in [0.15, 0.2) is 0 Å². The summed E-state index contributed by atoms with van der Waals surface area (Å²) in [6.45, 7) is 4.40. The predicted octanol–water partition coefficient (Wildman–Crippen LogP) is 4.17. The van der Waals surface area contributed by atoms with Crippen molar-refractivity contribution in [1.82, 2.24) is 9.88 Å². The lowest BCUT2D eigenvalue weighted by Gasteiger charge is -2.51. The van der Waals surface area contributed by atoms with E-state index in [0.717, 1.165) is 63.0 Å². The molecule has 7 rings (SSSR count). The molecule has 0 bridgehead atoms. The normalized spacial score (nSPS) is 46.5. The Balaban J connectivity index is 1.31. The average Bonchev–Trinajstić information content (AvgIpc) is 3.14. The average molecular weight is 452 g/mol. The van der Waals surface area contributed by atoms with Crippen molar-refractivity contribution < 1.29 is 9.90 Å². The Labute approximate surface area is 194 Å². The van der Waals surface area contributed by atoms with Crippen molar-refractivity contribution in [2.75, 3.05) is 18.0 Å². The lowest BCUT2D eigenvalue weighted by Crippen LogP contribution is -2.56. The molecule has 32 heavy (non-hydrogen) atoms. The molecule has 4 heterocycles. The number of carbonyl (C=O) groups is 1. The van der Waals surface area contributed by atoms with Gasteiger partial charge in [-0.15, -0.1) is 0 Å². The van der Waals surface area contributed by atoms with Gasteiger partial charge in [-0.25, -0.2) is 4.98 Å². The molecular formula is C26H30ClN3O2. The van der Waals surface area contributed by atoms with Gasteiger partial charge in [0.25, 0.3) is 0 Å². The number of pyridine rings is 1. The number of carbonyl (C=O) groups excluding carboxylic acids is 1. The van der Waals surface area contributed by atoms with Crippen LogP contribution in [0.15, 0.2) is 42.3 Å². The highest BCUT2D eigenvalue weighted by molar-refractivity contribution is 6.29. The van der Waals surface area contributed by atoms with Crippen LogP contribution in [0.5, 0.6) is 0 Å². The van der Waals surface area contributed by atoms with Gasteiger partial charge in [-0.1, -0.05) is 30.7 Å². The molecule has 0 aromatic carbocycles. The summed E-state index contributed by atoms with van der Waals surface area (Å²) in [6.07, 6.45) is 14.1. The molecule has 1 amide bonds. The third-order valence-electron chi connectivity index (χ3n) is 10.4. The summed E-state index contributed by atoms with van der Waals surface area (Å²) in [5, 5.41) is 11.3. The highest BCUT2D eigenvalue weighted by Crippen LogP contribution is 2.78.